The molecule has 0 bridgehead atoms. The van der Waals surface area contributed by atoms with Crippen LogP contribution >= 0.6 is 11.6 Å². The maximum absolute atomic E-state index is 10.9. The fraction of sp³-hybridized carbons (Fsp3) is 0.182. The van der Waals surface area contributed by atoms with Gasteiger partial charge in [-0.05, 0) is 25.1 Å². The van der Waals surface area contributed by atoms with E-state index in [0.717, 1.165) is 0 Å². The van der Waals surface area contributed by atoms with Gasteiger partial charge in [-0.2, -0.15) is 0 Å². The maximum Gasteiger partial charge on any atom is 0.336 e. The number of hydrogen-bond donors (Lipinski definition) is 2. The number of carboxylic acids is 1. The van der Waals surface area contributed by atoms with Gasteiger partial charge in [-0.15, -0.1) is 0 Å². The molecule has 0 aliphatic carbocycles. The molecule has 1 aromatic carbocycles. The van der Waals surface area contributed by atoms with Crippen LogP contribution in [0.5, 0.6) is 0 Å². The summed E-state index contributed by atoms with van der Waals surface area (Å²) in [6.45, 7) is 0.531. The molecule has 4 heteroatoms. The summed E-state index contributed by atoms with van der Waals surface area (Å²) in [5, 5.41) is 9.36. The van der Waals surface area contributed by atoms with Gasteiger partial charge in [-0.3, -0.25) is 0 Å². The van der Waals surface area contributed by atoms with Crippen molar-refractivity contribution in [2.45, 2.75) is 6.42 Å². The third-order valence-electron chi connectivity index (χ3n) is 1.90. The Hall–Kier alpha value is -1.32. The van der Waals surface area contributed by atoms with Gasteiger partial charge in [0.05, 0.1) is 5.56 Å². The highest BCUT2D eigenvalue weighted by molar-refractivity contribution is 6.32. The normalized spacial score (nSPS) is 10.8. The quantitative estimate of drug-likeness (QED) is 0.827. The number of carboxylic acid groups (broad SMARTS) is 1. The van der Waals surface area contributed by atoms with E-state index in [1.165, 1.54) is 6.07 Å². The lowest BCUT2D eigenvalue weighted by molar-refractivity contribution is 0.0696. The fourth-order valence-electron chi connectivity index (χ4n) is 1.19. The first kappa shape index (κ1) is 11.8. The lowest BCUT2D eigenvalue weighted by atomic mass is 10.1. The Morgan fingerprint density at radius 2 is 2.27 bits per heavy atom. The van der Waals surface area contributed by atoms with Gasteiger partial charge in [-0.1, -0.05) is 29.8 Å². The topological polar surface area (TPSA) is 63.3 Å². The highest BCUT2D eigenvalue weighted by Crippen LogP contribution is 2.21. The van der Waals surface area contributed by atoms with Crippen molar-refractivity contribution >= 4 is 23.6 Å². The molecule has 0 fully saturated rings. The molecule has 1 aromatic rings. The summed E-state index contributed by atoms with van der Waals surface area (Å²) in [7, 11) is 0. The van der Waals surface area contributed by atoms with Gasteiger partial charge < -0.3 is 10.8 Å². The van der Waals surface area contributed by atoms with Crippen LogP contribution in [0.15, 0.2) is 24.3 Å². The van der Waals surface area contributed by atoms with Crippen LogP contribution in [-0.2, 0) is 0 Å². The zero-order chi connectivity index (χ0) is 11.3. The van der Waals surface area contributed by atoms with Crippen LogP contribution in [0, 0.1) is 0 Å². The summed E-state index contributed by atoms with van der Waals surface area (Å²) < 4.78 is 0. The molecule has 1 rings (SSSR count). The van der Waals surface area contributed by atoms with Crippen molar-refractivity contribution in [2.24, 2.45) is 5.73 Å². The summed E-state index contributed by atoms with van der Waals surface area (Å²) in [5.74, 6) is -0.982. The molecule has 0 atom stereocenters. The lowest BCUT2D eigenvalue weighted by Crippen LogP contribution is -2.00. The van der Waals surface area contributed by atoms with Gasteiger partial charge in [0.25, 0.3) is 0 Å². The van der Waals surface area contributed by atoms with Crippen molar-refractivity contribution in [3.05, 3.63) is 40.4 Å². The molecule has 0 radical (unpaired) electrons. The summed E-state index contributed by atoms with van der Waals surface area (Å²) >= 11 is 5.91. The zero-order valence-electron chi connectivity index (χ0n) is 8.11. The van der Waals surface area contributed by atoms with E-state index in [9.17, 15) is 4.79 Å². The van der Waals surface area contributed by atoms with E-state index >= 15 is 0 Å². The molecule has 0 spiro atoms. The van der Waals surface area contributed by atoms with Gasteiger partial charge in [0.15, 0.2) is 0 Å². The van der Waals surface area contributed by atoms with E-state index < -0.39 is 5.97 Å². The Balaban J connectivity index is 3.07. The molecule has 80 valence electrons. The molecular formula is C11H12ClNO2. The minimum atomic E-state index is -0.982. The van der Waals surface area contributed by atoms with E-state index in [1.807, 2.05) is 6.08 Å². The Labute approximate surface area is 93.2 Å². The predicted octanol–water partition coefficient (Wildman–Crippen LogP) is 2.40. The van der Waals surface area contributed by atoms with Crippen LogP contribution in [-0.4, -0.2) is 17.6 Å². The van der Waals surface area contributed by atoms with Crippen LogP contribution in [0.4, 0.5) is 0 Å². The van der Waals surface area contributed by atoms with Crippen LogP contribution in [0.1, 0.15) is 22.3 Å². The van der Waals surface area contributed by atoms with E-state index in [2.05, 4.69) is 0 Å². The highest BCUT2D eigenvalue weighted by Gasteiger charge is 2.09. The SMILES string of the molecule is NCCC=Cc1c(Cl)cccc1C(=O)O. The lowest BCUT2D eigenvalue weighted by Gasteiger charge is -2.02. The van der Waals surface area contributed by atoms with Crippen molar-refractivity contribution in [3.63, 3.8) is 0 Å². The van der Waals surface area contributed by atoms with Crippen LogP contribution in [0.2, 0.25) is 5.02 Å². The van der Waals surface area contributed by atoms with E-state index in [0.29, 0.717) is 23.6 Å². The average molecular weight is 226 g/mol. The molecule has 0 amide bonds. The Morgan fingerprint density at radius 1 is 1.53 bits per heavy atom. The van der Waals surface area contributed by atoms with Crippen molar-refractivity contribution < 1.29 is 9.90 Å². The molecule has 0 aliphatic heterocycles. The van der Waals surface area contributed by atoms with E-state index in [1.54, 1.807) is 18.2 Å². The maximum atomic E-state index is 10.9. The van der Waals surface area contributed by atoms with E-state index in [4.69, 9.17) is 22.4 Å². The molecule has 0 heterocycles. The molecule has 3 N–H and O–H groups in total. The van der Waals surface area contributed by atoms with E-state index in [-0.39, 0.29) is 5.56 Å². The van der Waals surface area contributed by atoms with Crippen molar-refractivity contribution in [1.29, 1.82) is 0 Å². The molecular weight excluding hydrogens is 214 g/mol. The number of hydrogen-bond acceptors (Lipinski definition) is 2. The average Bonchev–Trinajstić information content (AvgIpc) is 2.20. The number of rotatable bonds is 4. The van der Waals surface area contributed by atoms with Gasteiger partial charge >= 0.3 is 5.97 Å². The number of benzene rings is 1. The van der Waals surface area contributed by atoms with Crippen LogP contribution in [0.25, 0.3) is 6.08 Å². The minimum Gasteiger partial charge on any atom is -0.478 e. The minimum absolute atomic E-state index is 0.204. The van der Waals surface area contributed by atoms with Gasteiger partial charge in [0.2, 0.25) is 0 Å². The largest absolute Gasteiger partial charge is 0.478 e. The van der Waals surface area contributed by atoms with Crippen molar-refractivity contribution in [1.82, 2.24) is 0 Å². The third kappa shape index (κ3) is 3.08. The summed E-state index contributed by atoms with van der Waals surface area (Å²) in [6, 6.07) is 4.80. The Morgan fingerprint density at radius 3 is 2.87 bits per heavy atom. The standard InChI is InChI=1S/C11H12ClNO2/c12-10-6-3-5-9(11(14)15)8(10)4-1-2-7-13/h1,3-6H,2,7,13H2,(H,14,15). The summed E-state index contributed by atoms with van der Waals surface area (Å²) in [6.07, 6.45) is 4.20. The Bertz CT molecular complexity index is 388. The monoisotopic (exact) mass is 225 g/mol. The second-order valence-corrected chi connectivity index (χ2v) is 3.39. The smallest absolute Gasteiger partial charge is 0.336 e. The molecule has 0 aromatic heterocycles. The van der Waals surface area contributed by atoms with Gasteiger partial charge in [0, 0.05) is 10.6 Å². The first-order valence-corrected chi connectivity index (χ1v) is 4.93. The molecule has 3 nitrogen and oxygen atoms in total. The molecule has 0 saturated carbocycles. The van der Waals surface area contributed by atoms with Gasteiger partial charge in [-0.25, -0.2) is 4.79 Å². The van der Waals surface area contributed by atoms with Gasteiger partial charge in [0.1, 0.15) is 0 Å². The summed E-state index contributed by atoms with van der Waals surface area (Å²) in [4.78, 5) is 10.9. The Kier molecular flexibility index (Phi) is 4.34. The number of halogens is 1. The first-order valence-electron chi connectivity index (χ1n) is 4.55. The molecule has 0 unspecified atom stereocenters. The van der Waals surface area contributed by atoms with Crippen LogP contribution in [0.3, 0.4) is 0 Å². The third-order valence-corrected chi connectivity index (χ3v) is 2.23. The van der Waals surface area contributed by atoms with Crippen molar-refractivity contribution in [2.75, 3.05) is 6.54 Å². The highest BCUT2D eigenvalue weighted by atomic mass is 35.5. The first-order chi connectivity index (χ1) is 7.16. The zero-order valence-corrected chi connectivity index (χ0v) is 8.87. The number of aromatic carboxylic acids is 1. The number of carbonyl (C=O) groups is 1. The second-order valence-electron chi connectivity index (χ2n) is 2.99. The summed E-state index contributed by atoms with van der Waals surface area (Å²) in [5.41, 5.74) is 6.06. The molecule has 0 saturated heterocycles. The molecule has 0 aliphatic rings. The van der Waals surface area contributed by atoms with Crippen LogP contribution < -0.4 is 5.73 Å². The van der Waals surface area contributed by atoms with Crippen molar-refractivity contribution in [3.8, 4) is 0 Å². The number of nitrogens with two attached hydrogens (primary N) is 1. The second kappa shape index (κ2) is 5.53. The predicted molar refractivity (Wildman–Crippen MR) is 61.1 cm³/mol. The fourth-order valence-corrected chi connectivity index (χ4v) is 1.43. The molecule has 15 heavy (non-hydrogen) atoms.